The number of amides is 1. The monoisotopic (exact) mass is 469 g/mol. The number of phenols is 1. The first-order valence-corrected chi connectivity index (χ1v) is 11.6. The standard InChI is InChI=1S/C24H27N3O7/c25-23(33)18-15(28)9-12-8-11-7-10-1-2-14(27-13-3-5-26-6-4-13)19(29)16(10)20(30)17(11)21(31)24(12,34)22(18)32/h1-2,11-13,17-18,26-27,29,34H,3-9H2,(H2,25,33)/t11-,12-,17?,18?,24-/m0/s1. The van der Waals surface area contributed by atoms with Gasteiger partial charge < -0.3 is 26.6 Å². The van der Waals surface area contributed by atoms with Gasteiger partial charge in [0, 0.05) is 18.4 Å². The van der Waals surface area contributed by atoms with Crippen LogP contribution in [0.25, 0.3) is 0 Å². The average Bonchev–Trinajstić information content (AvgIpc) is 2.78. The summed E-state index contributed by atoms with van der Waals surface area (Å²) in [5, 5.41) is 28.7. The molecule has 0 bridgehead atoms. The van der Waals surface area contributed by atoms with Gasteiger partial charge in [-0.15, -0.1) is 0 Å². The van der Waals surface area contributed by atoms with Crippen LogP contribution in [-0.4, -0.2) is 64.0 Å². The number of benzene rings is 1. The number of piperidine rings is 1. The van der Waals surface area contributed by atoms with Crippen LogP contribution in [-0.2, 0) is 25.6 Å². The highest BCUT2D eigenvalue weighted by atomic mass is 16.3. The van der Waals surface area contributed by atoms with Crippen LogP contribution in [0.1, 0.15) is 41.6 Å². The van der Waals surface area contributed by atoms with Crippen LogP contribution in [0.15, 0.2) is 12.1 Å². The fraction of sp³-hybridized carbons (Fsp3) is 0.542. The number of aromatic hydroxyl groups is 1. The fourth-order valence-electron chi connectivity index (χ4n) is 6.25. The third-order valence-electron chi connectivity index (χ3n) is 7.97. The van der Waals surface area contributed by atoms with Crippen molar-refractivity contribution in [1.82, 2.24) is 5.32 Å². The van der Waals surface area contributed by atoms with Gasteiger partial charge in [0.15, 0.2) is 34.7 Å². The highest BCUT2D eigenvalue weighted by Crippen LogP contribution is 2.50. The van der Waals surface area contributed by atoms with Crippen molar-refractivity contribution in [1.29, 1.82) is 0 Å². The topological polar surface area (TPSA) is 176 Å². The number of anilines is 1. The summed E-state index contributed by atoms with van der Waals surface area (Å²) < 4.78 is 0. The highest BCUT2D eigenvalue weighted by Gasteiger charge is 2.66. The van der Waals surface area contributed by atoms with Crippen LogP contribution in [0.2, 0.25) is 0 Å². The van der Waals surface area contributed by atoms with E-state index in [1.54, 1.807) is 12.1 Å². The lowest BCUT2D eigenvalue weighted by Crippen LogP contribution is -2.68. The fourth-order valence-corrected chi connectivity index (χ4v) is 6.25. The Morgan fingerprint density at radius 1 is 1.09 bits per heavy atom. The number of carbonyl (C=O) groups is 5. The van der Waals surface area contributed by atoms with Crippen molar-refractivity contribution < 1.29 is 34.2 Å². The number of rotatable bonds is 3. The minimum absolute atomic E-state index is 0.0152. The first kappa shape index (κ1) is 22.7. The van der Waals surface area contributed by atoms with Gasteiger partial charge in [-0.3, -0.25) is 24.0 Å². The van der Waals surface area contributed by atoms with E-state index in [4.69, 9.17) is 5.73 Å². The molecular formula is C24H27N3O7. The van der Waals surface area contributed by atoms with E-state index in [1.807, 2.05) is 0 Å². The number of phenolic OH excluding ortho intramolecular Hbond substituents is 1. The van der Waals surface area contributed by atoms with Gasteiger partial charge in [0.05, 0.1) is 17.2 Å². The largest absolute Gasteiger partial charge is 0.505 e. The summed E-state index contributed by atoms with van der Waals surface area (Å²) in [5.74, 6) is -9.88. The second kappa shape index (κ2) is 7.99. The number of aliphatic hydroxyl groups is 1. The van der Waals surface area contributed by atoms with Crippen molar-refractivity contribution in [2.24, 2.45) is 29.4 Å². The van der Waals surface area contributed by atoms with E-state index in [9.17, 15) is 34.2 Å². The zero-order chi connectivity index (χ0) is 24.4. The zero-order valence-electron chi connectivity index (χ0n) is 18.5. The Labute approximate surface area is 195 Å². The lowest BCUT2D eigenvalue weighted by atomic mass is 9.54. The molecular weight excluding hydrogens is 442 g/mol. The molecule has 5 atom stereocenters. The molecule has 5 rings (SSSR count). The van der Waals surface area contributed by atoms with E-state index in [-0.39, 0.29) is 36.6 Å². The van der Waals surface area contributed by atoms with Gasteiger partial charge in [0.1, 0.15) is 5.75 Å². The number of Topliss-reactive ketones (excluding diaryl/α,β-unsaturated/α-hetero) is 4. The molecule has 0 aromatic heterocycles. The predicted octanol–water partition coefficient (Wildman–Crippen LogP) is -0.509. The summed E-state index contributed by atoms with van der Waals surface area (Å²) in [6, 6.07) is 3.59. The van der Waals surface area contributed by atoms with Crippen LogP contribution in [0.4, 0.5) is 5.69 Å². The van der Waals surface area contributed by atoms with Gasteiger partial charge in [-0.1, -0.05) is 6.07 Å². The Balaban J connectivity index is 1.49. The van der Waals surface area contributed by atoms with Crippen molar-refractivity contribution >= 4 is 34.7 Å². The molecule has 1 heterocycles. The Morgan fingerprint density at radius 3 is 2.47 bits per heavy atom. The van der Waals surface area contributed by atoms with Crippen molar-refractivity contribution in [3.63, 3.8) is 0 Å². The summed E-state index contributed by atoms with van der Waals surface area (Å²) in [6.45, 7) is 1.67. The van der Waals surface area contributed by atoms with Crippen LogP contribution in [0.3, 0.4) is 0 Å². The maximum Gasteiger partial charge on any atom is 0.235 e. The molecule has 2 saturated carbocycles. The predicted molar refractivity (Wildman–Crippen MR) is 118 cm³/mol. The quantitative estimate of drug-likeness (QED) is 0.288. The van der Waals surface area contributed by atoms with Gasteiger partial charge in [-0.2, -0.15) is 0 Å². The van der Waals surface area contributed by atoms with Gasteiger partial charge in [0.2, 0.25) is 5.91 Å². The minimum Gasteiger partial charge on any atom is -0.505 e. The minimum atomic E-state index is -2.62. The van der Waals surface area contributed by atoms with E-state index >= 15 is 0 Å². The summed E-state index contributed by atoms with van der Waals surface area (Å²) in [6.07, 6.45) is 1.74. The second-order valence-corrected chi connectivity index (χ2v) is 9.90. The Kier molecular flexibility index (Phi) is 5.33. The van der Waals surface area contributed by atoms with E-state index in [0.29, 0.717) is 11.3 Å². The lowest BCUT2D eigenvalue weighted by molar-refractivity contribution is -0.175. The number of nitrogens with two attached hydrogens (primary N) is 1. The summed E-state index contributed by atoms with van der Waals surface area (Å²) >= 11 is 0. The summed E-state index contributed by atoms with van der Waals surface area (Å²) in [5.41, 5.74) is 3.57. The molecule has 1 saturated heterocycles. The van der Waals surface area contributed by atoms with Gasteiger partial charge in [-0.05, 0) is 56.3 Å². The van der Waals surface area contributed by atoms with Crippen LogP contribution < -0.4 is 16.4 Å². The molecule has 1 aromatic carbocycles. The molecule has 180 valence electrons. The molecule has 3 aliphatic carbocycles. The molecule has 4 aliphatic rings. The molecule has 0 spiro atoms. The Morgan fingerprint density at radius 2 is 1.79 bits per heavy atom. The lowest BCUT2D eigenvalue weighted by Gasteiger charge is -2.48. The first-order valence-electron chi connectivity index (χ1n) is 11.6. The van der Waals surface area contributed by atoms with E-state index in [2.05, 4.69) is 10.6 Å². The van der Waals surface area contributed by atoms with Crippen LogP contribution in [0, 0.1) is 23.7 Å². The SMILES string of the molecule is NC(=O)C1C(=O)C[C@@H]2C[C@@H]3Cc4ccc(NC5CCNCC5)c(O)c4C(=O)C3C(=O)[C@]2(O)C1=O. The number of hydrogen-bond donors (Lipinski definition) is 5. The summed E-state index contributed by atoms with van der Waals surface area (Å²) in [4.78, 5) is 64.0. The maximum atomic E-state index is 13.5. The van der Waals surface area contributed by atoms with Gasteiger partial charge in [0.25, 0.3) is 0 Å². The molecule has 1 amide bonds. The zero-order valence-corrected chi connectivity index (χ0v) is 18.5. The molecule has 0 radical (unpaired) electrons. The van der Waals surface area contributed by atoms with Gasteiger partial charge in [-0.25, -0.2) is 0 Å². The van der Waals surface area contributed by atoms with E-state index in [1.165, 1.54) is 0 Å². The number of carbonyl (C=O) groups excluding carboxylic acids is 5. The third-order valence-corrected chi connectivity index (χ3v) is 7.97. The Bertz CT molecular complexity index is 1130. The van der Waals surface area contributed by atoms with Crippen LogP contribution in [0.5, 0.6) is 5.75 Å². The Hall–Kier alpha value is -3.11. The maximum absolute atomic E-state index is 13.5. The molecule has 1 aromatic rings. The molecule has 3 fully saturated rings. The van der Waals surface area contributed by atoms with Crippen molar-refractivity contribution in [2.75, 3.05) is 18.4 Å². The molecule has 34 heavy (non-hydrogen) atoms. The van der Waals surface area contributed by atoms with Crippen molar-refractivity contribution in [3.8, 4) is 5.75 Å². The average molecular weight is 469 g/mol. The molecule has 1 aliphatic heterocycles. The van der Waals surface area contributed by atoms with Crippen molar-refractivity contribution in [2.45, 2.75) is 43.7 Å². The van der Waals surface area contributed by atoms with E-state index in [0.717, 1.165) is 25.9 Å². The number of primary amides is 1. The smallest absolute Gasteiger partial charge is 0.235 e. The number of ketones is 4. The van der Waals surface area contributed by atoms with Gasteiger partial charge >= 0.3 is 0 Å². The highest BCUT2D eigenvalue weighted by molar-refractivity contribution is 6.31. The van der Waals surface area contributed by atoms with Crippen molar-refractivity contribution in [3.05, 3.63) is 23.3 Å². The summed E-state index contributed by atoms with van der Waals surface area (Å²) in [7, 11) is 0. The number of nitrogens with one attached hydrogen (secondary N) is 2. The third kappa shape index (κ3) is 3.19. The first-order chi connectivity index (χ1) is 16.1. The second-order valence-electron chi connectivity index (χ2n) is 9.90. The molecule has 10 heteroatoms. The molecule has 2 unspecified atom stereocenters. The van der Waals surface area contributed by atoms with Crippen LogP contribution >= 0.6 is 0 Å². The van der Waals surface area contributed by atoms with E-state index < -0.39 is 58.3 Å². The normalized spacial score (nSPS) is 33.7. The molecule has 10 nitrogen and oxygen atoms in total. The number of fused-ring (bicyclic) bond motifs is 3. The number of hydrogen-bond acceptors (Lipinski definition) is 9. The molecule has 6 N–H and O–H groups in total.